The normalized spacial score (nSPS) is 20.7. The fourth-order valence-corrected chi connectivity index (χ4v) is 3.00. The first kappa shape index (κ1) is 13.4. The number of nitrogens with zero attached hydrogens (tertiary/aromatic N) is 4. The minimum atomic E-state index is 0.342. The maximum Gasteiger partial charge on any atom is 0.168 e. The summed E-state index contributed by atoms with van der Waals surface area (Å²) in [5.41, 5.74) is 0.855. The molecule has 1 aliphatic rings. The molecule has 1 aliphatic heterocycles. The molecule has 108 valence electrons. The number of methoxy groups -OCH3 is 1. The highest BCUT2D eigenvalue weighted by Gasteiger charge is 2.28. The molecule has 3 rings (SSSR count). The van der Waals surface area contributed by atoms with Gasteiger partial charge < -0.3 is 4.74 Å². The van der Waals surface area contributed by atoms with Gasteiger partial charge >= 0.3 is 0 Å². The van der Waals surface area contributed by atoms with E-state index in [1.165, 1.54) is 12.8 Å². The van der Waals surface area contributed by atoms with E-state index in [1.54, 1.807) is 7.11 Å². The van der Waals surface area contributed by atoms with Crippen LogP contribution < -0.4 is 4.74 Å². The van der Waals surface area contributed by atoms with Crippen molar-refractivity contribution in [2.24, 2.45) is 0 Å². The Bertz CT molecular complexity index is 593. The molecule has 0 aromatic carbocycles. The lowest BCUT2D eigenvalue weighted by Crippen LogP contribution is -2.39. The van der Waals surface area contributed by atoms with Crippen molar-refractivity contribution in [3.05, 3.63) is 24.2 Å². The van der Waals surface area contributed by atoms with E-state index in [2.05, 4.69) is 23.8 Å². The molecule has 3 heterocycles. The van der Waals surface area contributed by atoms with Gasteiger partial charge in [-0.25, -0.2) is 9.50 Å². The van der Waals surface area contributed by atoms with Crippen molar-refractivity contribution < 1.29 is 4.74 Å². The Morgan fingerprint density at radius 3 is 2.95 bits per heavy atom. The van der Waals surface area contributed by atoms with Gasteiger partial charge in [0.05, 0.1) is 13.2 Å². The topological polar surface area (TPSA) is 42.7 Å². The van der Waals surface area contributed by atoms with E-state index >= 15 is 0 Å². The number of likely N-dealkylation sites (tertiary alicyclic amines) is 1. The van der Waals surface area contributed by atoms with Crippen LogP contribution in [0.1, 0.15) is 45.0 Å². The summed E-state index contributed by atoms with van der Waals surface area (Å²) >= 11 is 0. The summed E-state index contributed by atoms with van der Waals surface area (Å²) in [5, 5.41) is 4.65. The molecule has 0 bridgehead atoms. The minimum Gasteiger partial charge on any atom is -0.497 e. The molecule has 1 saturated heterocycles. The van der Waals surface area contributed by atoms with Crippen LogP contribution in [0, 0.1) is 0 Å². The maximum atomic E-state index is 5.24. The van der Waals surface area contributed by atoms with Crippen molar-refractivity contribution in [2.45, 2.75) is 45.2 Å². The molecule has 5 heteroatoms. The maximum absolute atomic E-state index is 5.24. The first-order chi connectivity index (χ1) is 9.69. The molecule has 0 radical (unpaired) electrons. The van der Waals surface area contributed by atoms with Gasteiger partial charge in [0.1, 0.15) is 5.75 Å². The number of hydrogen-bond donors (Lipinski definition) is 0. The predicted molar refractivity (Wildman–Crippen MR) is 78.0 cm³/mol. The largest absolute Gasteiger partial charge is 0.497 e. The zero-order valence-corrected chi connectivity index (χ0v) is 12.4. The summed E-state index contributed by atoms with van der Waals surface area (Å²) in [6, 6.07) is 4.71. The lowest BCUT2D eigenvalue weighted by atomic mass is 10.00. The van der Waals surface area contributed by atoms with Crippen LogP contribution in [0.2, 0.25) is 0 Å². The molecule has 20 heavy (non-hydrogen) atoms. The van der Waals surface area contributed by atoms with Crippen molar-refractivity contribution in [3.63, 3.8) is 0 Å². The summed E-state index contributed by atoms with van der Waals surface area (Å²) in [6.45, 7) is 5.63. The summed E-state index contributed by atoms with van der Waals surface area (Å²) in [6.07, 6.45) is 5.59. The average molecular weight is 274 g/mol. The third-order valence-corrected chi connectivity index (χ3v) is 4.07. The molecule has 0 spiro atoms. The van der Waals surface area contributed by atoms with Crippen LogP contribution in [-0.4, -0.2) is 39.2 Å². The first-order valence-electron chi connectivity index (χ1n) is 7.35. The van der Waals surface area contributed by atoms with Crippen LogP contribution in [0.5, 0.6) is 5.75 Å². The Balaban J connectivity index is 1.95. The summed E-state index contributed by atoms with van der Waals surface area (Å²) in [5.74, 6) is 1.76. The van der Waals surface area contributed by atoms with E-state index in [0.29, 0.717) is 12.1 Å². The highest BCUT2D eigenvalue weighted by molar-refractivity contribution is 5.43. The van der Waals surface area contributed by atoms with E-state index in [4.69, 9.17) is 9.72 Å². The molecule has 5 nitrogen and oxygen atoms in total. The van der Waals surface area contributed by atoms with E-state index in [-0.39, 0.29) is 0 Å². The molecular weight excluding hydrogens is 252 g/mol. The third kappa shape index (κ3) is 2.38. The number of pyridine rings is 1. The van der Waals surface area contributed by atoms with Gasteiger partial charge in [0, 0.05) is 18.3 Å². The average Bonchev–Trinajstić information content (AvgIpc) is 2.89. The molecule has 2 aromatic rings. The lowest BCUT2D eigenvalue weighted by molar-refractivity contribution is 0.106. The zero-order valence-electron chi connectivity index (χ0n) is 12.4. The molecule has 0 aliphatic carbocycles. The van der Waals surface area contributed by atoms with Crippen LogP contribution in [0.15, 0.2) is 18.3 Å². The van der Waals surface area contributed by atoms with Gasteiger partial charge in [0.2, 0.25) is 0 Å². The van der Waals surface area contributed by atoms with Gasteiger partial charge in [-0.05, 0) is 39.3 Å². The molecule has 0 amide bonds. The third-order valence-electron chi connectivity index (χ3n) is 4.07. The number of hydrogen-bond acceptors (Lipinski definition) is 4. The van der Waals surface area contributed by atoms with Crippen molar-refractivity contribution in [1.29, 1.82) is 0 Å². The van der Waals surface area contributed by atoms with Crippen LogP contribution in [0.4, 0.5) is 0 Å². The Hall–Kier alpha value is -1.62. The molecule has 0 N–H and O–H groups in total. The Morgan fingerprint density at radius 2 is 2.20 bits per heavy atom. The van der Waals surface area contributed by atoms with Crippen LogP contribution in [0.25, 0.3) is 5.65 Å². The lowest BCUT2D eigenvalue weighted by Gasteiger charge is -2.36. The number of aromatic nitrogens is 3. The van der Waals surface area contributed by atoms with Crippen molar-refractivity contribution in [3.8, 4) is 5.75 Å². The van der Waals surface area contributed by atoms with Crippen LogP contribution >= 0.6 is 0 Å². The molecular formula is C15H22N4O. The smallest absolute Gasteiger partial charge is 0.168 e. The van der Waals surface area contributed by atoms with Gasteiger partial charge in [-0.2, -0.15) is 0 Å². The van der Waals surface area contributed by atoms with Gasteiger partial charge in [0.15, 0.2) is 11.5 Å². The number of fused-ring (bicyclic) bond motifs is 1. The minimum absolute atomic E-state index is 0.342. The van der Waals surface area contributed by atoms with E-state index in [0.717, 1.165) is 30.2 Å². The Labute approximate surface area is 119 Å². The van der Waals surface area contributed by atoms with Crippen molar-refractivity contribution in [1.82, 2.24) is 19.5 Å². The second-order valence-corrected chi connectivity index (χ2v) is 5.68. The monoisotopic (exact) mass is 274 g/mol. The zero-order chi connectivity index (χ0) is 14.1. The van der Waals surface area contributed by atoms with Crippen molar-refractivity contribution in [2.75, 3.05) is 13.7 Å². The highest BCUT2D eigenvalue weighted by atomic mass is 16.5. The standard InChI is InChI=1S/C15H22N4O/c1-11(2)18-8-5-4-6-13(18)15-16-14-10-12(20-3)7-9-19(14)17-15/h7,9-11,13H,4-6,8H2,1-3H3. The van der Waals surface area contributed by atoms with Crippen LogP contribution in [-0.2, 0) is 0 Å². The second-order valence-electron chi connectivity index (χ2n) is 5.68. The van der Waals surface area contributed by atoms with E-state index in [9.17, 15) is 0 Å². The first-order valence-corrected chi connectivity index (χ1v) is 7.35. The van der Waals surface area contributed by atoms with Gasteiger partial charge in [-0.15, -0.1) is 5.10 Å². The molecule has 1 atom stereocenters. The number of ether oxygens (including phenoxy) is 1. The summed E-state index contributed by atoms with van der Waals surface area (Å²) in [4.78, 5) is 7.22. The highest BCUT2D eigenvalue weighted by Crippen LogP contribution is 2.31. The van der Waals surface area contributed by atoms with Gasteiger partial charge in [-0.3, -0.25) is 4.90 Å². The van der Waals surface area contributed by atoms with Crippen LogP contribution in [0.3, 0.4) is 0 Å². The molecule has 1 fully saturated rings. The molecule has 0 saturated carbocycles. The fraction of sp³-hybridized carbons (Fsp3) is 0.600. The van der Waals surface area contributed by atoms with Gasteiger partial charge in [-0.1, -0.05) is 6.42 Å². The summed E-state index contributed by atoms with van der Waals surface area (Å²) in [7, 11) is 1.67. The Kier molecular flexibility index (Phi) is 3.61. The molecule has 2 aromatic heterocycles. The predicted octanol–water partition coefficient (Wildman–Crippen LogP) is 2.67. The fourth-order valence-electron chi connectivity index (χ4n) is 3.00. The second kappa shape index (κ2) is 5.40. The SMILES string of the molecule is COc1ccn2nc(C3CCCCN3C(C)C)nc2c1. The van der Waals surface area contributed by atoms with Crippen molar-refractivity contribution >= 4 is 5.65 Å². The summed E-state index contributed by atoms with van der Waals surface area (Å²) < 4.78 is 7.08. The quantitative estimate of drug-likeness (QED) is 0.863. The van der Waals surface area contributed by atoms with Gasteiger partial charge in [0.25, 0.3) is 0 Å². The van der Waals surface area contributed by atoms with E-state index in [1.807, 2.05) is 22.8 Å². The van der Waals surface area contributed by atoms with E-state index < -0.39 is 0 Å². The number of piperidine rings is 1. The number of rotatable bonds is 3. The Morgan fingerprint density at radius 1 is 1.35 bits per heavy atom. The molecule has 1 unspecified atom stereocenters.